The minimum atomic E-state index is -4.79. The van der Waals surface area contributed by atoms with Crippen LogP contribution in [0.25, 0.3) is 0 Å². The average Bonchev–Trinajstić information content (AvgIpc) is 2.35. The van der Waals surface area contributed by atoms with E-state index in [1.165, 1.54) is 12.1 Å². The predicted molar refractivity (Wildman–Crippen MR) is 62.2 cm³/mol. The van der Waals surface area contributed by atoms with Crippen molar-refractivity contribution in [3.05, 3.63) is 34.4 Å². The number of hydrogen-bond donors (Lipinski definition) is 0. The van der Waals surface area contributed by atoms with Gasteiger partial charge in [0.1, 0.15) is 4.90 Å². The van der Waals surface area contributed by atoms with Gasteiger partial charge in [0.05, 0.1) is 4.92 Å². The molecule has 0 atom stereocenters. The number of nitro benzene ring substituents is 1. The number of esters is 1. The number of benzene rings is 1. The molecule has 0 bridgehead atoms. The molecule has 0 N–H and O–H groups in total. The summed E-state index contributed by atoms with van der Waals surface area (Å²) in [5.74, 6) is -3.07. The van der Waals surface area contributed by atoms with Crippen LogP contribution in [0.5, 0.6) is 0 Å². The molecule has 21 heavy (non-hydrogen) atoms. The van der Waals surface area contributed by atoms with E-state index in [-0.39, 0.29) is 0 Å². The Bertz CT molecular complexity index is 655. The van der Waals surface area contributed by atoms with Gasteiger partial charge in [-0.15, -0.1) is 0 Å². The third-order valence-corrected chi connectivity index (χ3v) is 3.73. The molecule has 0 heterocycles. The van der Waals surface area contributed by atoms with Crippen LogP contribution in [0.4, 0.5) is 18.9 Å². The molecular weight excluding hydrogens is 319 g/mol. The van der Waals surface area contributed by atoms with Crippen LogP contribution < -0.4 is 0 Å². The number of halogens is 3. The Kier molecular flexibility index (Phi) is 4.88. The maximum atomic E-state index is 11.8. The SMILES string of the molecule is O=C(CS(=O)(=O)c1ccccc1[N+](=O)[O-])OCC(F)(F)F. The number of alkyl halides is 3. The summed E-state index contributed by atoms with van der Waals surface area (Å²) < 4.78 is 62.8. The highest BCUT2D eigenvalue weighted by Gasteiger charge is 2.32. The lowest BCUT2D eigenvalue weighted by Gasteiger charge is -2.08. The lowest BCUT2D eigenvalue weighted by molar-refractivity contribution is -0.387. The zero-order valence-corrected chi connectivity index (χ0v) is 11.0. The molecule has 0 spiro atoms. The molecule has 0 aromatic heterocycles. The number of nitrogens with zero attached hydrogens (tertiary/aromatic N) is 1. The topological polar surface area (TPSA) is 104 Å². The molecule has 0 aliphatic heterocycles. The molecule has 11 heteroatoms. The summed E-state index contributed by atoms with van der Waals surface area (Å²) in [5.41, 5.74) is -0.777. The minimum absolute atomic E-state index is 0.765. The van der Waals surface area contributed by atoms with E-state index in [1.54, 1.807) is 0 Å². The van der Waals surface area contributed by atoms with Crippen molar-refractivity contribution in [2.24, 2.45) is 0 Å². The molecule has 0 radical (unpaired) electrons. The van der Waals surface area contributed by atoms with E-state index in [0.29, 0.717) is 0 Å². The number of para-hydroxylation sites is 1. The summed E-state index contributed by atoms with van der Waals surface area (Å²) in [6.45, 7) is -1.93. The van der Waals surface area contributed by atoms with Gasteiger partial charge in [-0.05, 0) is 6.07 Å². The summed E-state index contributed by atoms with van der Waals surface area (Å²) in [6, 6.07) is 4.17. The number of hydrogen-bond acceptors (Lipinski definition) is 6. The highest BCUT2D eigenvalue weighted by molar-refractivity contribution is 7.92. The van der Waals surface area contributed by atoms with Crippen molar-refractivity contribution in [3.63, 3.8) is 0 Å². The van der Waals surface area contributed by atoms with Crippen LogP contribution in [0.1, 0.15) is 0 Å². The fourth-order valence-electron chi connectivity index (χ4n) is 1.31. The third kappa shape index (κ3) is 5.02. The van der Waals surface area contributed by atoms with Gasteiger partial charge in [0.15, 0.2) is 22.2 Å². The van der Waals surface area contributed by atoms with E-state index < -0.39 is 49.8 Å². The molecule has 1 aromatic rings. The summed E-state index contributed by atoms with van der Waals surface area (Å²) in [5, 5.41) is 10.7. The first-order valence-corrected chi connectivity index (χ1v) is 6.87. The number of carbonyl (C=O) groups is 1. The monoisotopic (exact) mass is 327 g/mol. The van der Waals surface area contributed by atoms with Crippen LogP contribution in [-0.4, -0.2) is 37.8 Å². The number of sulfone groups is 1. The van der Waals surface area contributed by atoms with E-state index in [1.807, 2.05) is 0 Å². The summed E-state index contributed by atoms with van der Waals surface area (Å²) in [4.78, 5) is 20.0. The Morgan fingerprint density at radius 3 is 2.38 bits per heavy atom. The van der Waals surface area contributed by atoms with Crippen LogP contribution in [0.2, 0.25) is 0 Å². The van der Waals surface area contributed by atoms with Gasteiger partial charge in [0, 0.05) is 6.07 Å². The van der Waals surface area contributed by atoms with Crippen LogP contribution in [-0.2, 0) is 19.4 Å². The van der Waals surface area contributed by atoms with Crippen molar-refractivity contribution in [3.8, 4) is 0 Å². The van der Waals surface area contributed by atoms with E-state index in [4.69, 9.17) is 0 Å². The van der Waals surface area contributed by atoms with Crippen molar-refractivity contribution in [2.45, 2.75) is 11.1 Å². The Labute approximate surface area is 116 Å². The Balaban J connectivity index is 2.93. The standard InChI is InChI=1S/C10H8F3NO6S/c11-10(12,13)6-20-9(15)5-21(18,19)8-4-2-1-3-7(8)14(16)17/h1-4H,5-6H2. The van der Waals surface area contributed by atoms with Crippen LogP contribution in [0, 0.1) is 10.1 Å². The fraction of sp³-hybridized carbons (Fsp3) is 0.300. The number of ether oxygens (including phenoxy) is 1. The zero-order valence-electron chi connectivity index (χ0n) is 10.2. The van der Waals surface area contributed by atoms with Gasteiger partial charge in [-0.25, -0.2) is 8.42 Å². The van der Waals surface area contributed by atoms with Crippen LogP contribution in [0.15, 0.2) is 29.2 Å². The Hall–Kier alpha value is -2.17. The molecule has 0 saturated heterocycles. The molecule has 116 valence electrons. The molecule has 1 rings (SSSR count). The molecule has 0 fully saturated rings. The second-order valence-electron chi connectivity index (χ2n) is 3.76. The van der Waals surface area contributed by atoms with Crippen molar-refractivity contribution in [1.29, 1.82) is 0 Å². The van der Waals surface area contributed by atoms with Crippen molar-refractivity contribution in [2.75, 3.05) is 12.4 Å². The molecule has 0 saturated carbocycles. The van der Waals surface area contributed by atoms with Crippen molar-refractivity contribution < 1.29 is 36.0 Å². The Morgan fingerprint density at radius 2 is 1.86 bits per heavy atom. The van der Waals surface area contributed by atoms with E-state index >= 15 is 0 Å². The van der Waals surface area contributed by atoms with Gasteiger partial charge in [0.25, 0.3) is 5.69 Å². The smallest absolute Gasteiger partial charge is 0.422 e. The average molecular weight is 327 g/mol. The molecule has 0 unspecified atom stereocenters. The van der Waals surface area contributed by atoms with Gasteiger partial charge in [0.2, 0.25) is 0 Å². The van der Waals surface area contributed by atoms with Crippen molar-refractivity contribution in [1.82, 2.24) is 0 Å². The summed E-state index contributed by atoms with van der Waals surface area (Å²) in [7, 11) is -4.49. The summed E-state index contributed by atoms with van der Waals surface area (Å²) in [6.07, 6.45) is -4.79. The molecule has 1 aromatic carbocycles. The lowest BCUT2D eigenvalue weighted by atomic mass is 10.3. The van der Waals surface area contributed by atoms with E-state index in [2.05, 4.69) is 4.74 Å². The van der Waals surface area contributed by atoms with Crippen LogP contribution >= 0.6 is 0 Å². The molecule has 0 aliphatic carbocycles. The first-order chi connectivity index (χ1) is 9.53. The quantitative estimate of drug-likeness (QED) is 0.461. The second-order valence-corrected chi connectivity index (χ2v) is 5.72. The Morgan fingerprint density at radius 1 is 1.29 bits per heavy atom. The predicted octanol–water partition coefficient (Wildman–Crippen LogP) is 1.47. The maximum Gasteiger partial charge on any atom is 0.422 e. The minimum Gasteiger partial charge on any atom is -0.455 e. The maximum absolute atomic E-state index is 11.8. The molecule has 7 nitrogen and oxygen atoms in total. The van der Waals surface area contributed by atoms with Gasteiger partial charge < -0.3 is 4.74 Å². The van der Waals surface area contributed by atoms with Gasteiger partial charge in [-0.1, -0.05) is 12.1 Å². The zero-order chi connectivity index (χ0) is 16.3. The van der Waals surface area contributed by atoms with Crippen LogP contribution in [0.3, 0.4) is 0 Å². The molecular formula is C10H8F3NO6S. The lowest BCUT2D eigenvalue weighted by Crippen LogP contribution is -2.25. The number of carbonyl (C=O) groups excluding carboxylic acids is 1. The second kappa shape index (κ2) is 6.08. The third-order valence-electron chi connectivity index (χ3n) is 2.10. The number of nitro groups is 1. The summed E-state index contributed by atoms with van der Waals surface area (Å²) >= 11 is 0. The fourth-order valence-corrected chi connectivity index (χ4v) is 2.60. The highest BCUT2D eigenvalue weighted by Crippen LogP contribution is 2.24. The molecule has 0 amide bonds. The largest absolute Gasteiger partial charge is 0.455 e. The van der Waals surface area contributed by atoms with Crippen molar-refractivity contribution >= 4 is 21.5 Å². The first-order valence-electron chi connectivity index (χ1n) is 5.21. The number of rotatable bonds is 5. The molecule has 0 aliphatic rings. The highest BCUT2D eigenvalue weighted by atomic mass is 32.2. The van der Waals surface area contributed by atoms with E-state index in [9.17, 15) is 36.5 Å². The van der Waals surface area contributed by atoms with Gasteiger partial charge in [-0.2, -0.15) is 13.2 Å². The van der Waals surface area contributed by atoms with E-state index in [0.717, 1.165) is 12.1 Å². The van der Waals surface area contributed by atoms with Gasteiger partial charge in [-0.3, -0.25) is 14.9 Å². The normalized spacial score (nSPS) is 12.0. The first kappa shape index (κ1) is 16.9. The van der Waals surface area contributed by atoms with Gasteiger partial charge >= 0.3 is 12.1 Å².